The average molecular weight is 238 g/mol. The summed E-state index contributed by atoms with van der Waals surface area (Å²) in [4.78, 5) is 0. The highest BCUT2D eigenvalue weighted by Crippen LogP contribution is 2.21. The average Bonchev–Trinajstić information content (AvgIpc) is 2.96. The van der Waals surface area contributed by atoms with Crippen molar-refractivity contribution in [3.63, 3.8) is 0 Å². The van der Waals surface area contributed by atoms with Gasteiger partial charge in [-0.3, -0.25) is 0 Å². The van der Waals surface area contributed by atoms with E-state index in [1.165, 1.54) is 25.7 Å². The molecule has 1 N–H and O–H groups in total. The van der Waals surface area contributed by atoms with Gasteiger partial charge >= 0.3 is 0 Å². The van der Waals surface area contributed by atoms with E-state index in [0.29, 0.717) is 12.6 Å². The van der Waals surface area contributed by atoms with Crippen LogP contribution in [0, 0.1) is 0 Å². The molecule has 1 aromatic rings. The summed E-state index contributed by atoms with van der Waals surface area (Å²) in [6, 6.07) is 0.912. The monoisotopic (exact) mass is 238 g/mol. The van der Waals surface area contributed by atoms with Gasteiger partial charge in [0.2, 0.25) is 0 Å². The van der Waals surface area contributed by atoms with Gasteiger partial charge < -0.3 is 14.6 Å². The Labute approximate surface area is 103 Å². The summed E-state index contributed by atoms with van der Waals surface area (Å²) in [6.45, 7) is 3.67. The Hall–Kier alpha value is -0.940. The van der Waals surface area contributed by atoms with E-state index in [1.54, 1.807) is 13.4 Å². The molecule has 1 aliphatic rings. The van der Waals surface area contributed by atoms with Crippen molar-refractivity contribution in [1.29, 1.82) is 0 Å². The molecular weight excluding hydrogens is 216 g/mol. The molecule has 5 nitrogen and oxygen atoms in total. The Morgan fingerprint density at radius 3 is 3.00 bits per heavy atom. The number of ether oxygens (including phenoxy) is 1. The van der Waals surface area contributed by atoms with Gasteiger partial charge in [-0.25, -0.2) is 0 Å². The first kappa shape index (κ1) is 12.5. The molecule has 96 valence electrons. The highest BCUT2D eigenvalue weighted by Gasteiger charge is 2.20. The lowest BCUT2D eigenvalue weighted by molar-refractivity contribution is 0.185. The van der Waals surface area contributed by atoms with Gasteiger partial charge in [-0.15, -0.1) is 10.2 Å². The Balaban J connectivity index is 1.92. The molecule has 1 fully saturated rings. The van der Waals surface area contributed by atoms with Crippen LogP contribution in [-0.2, 0) is 11.3 Å². The van der Waals surface area contributed by atoms with Crippen molar-refractivity contribution in [2.45, 2.75) is 51.2 Å². The summed E-state index contributed by atoms with van der Waals surface area (Å²) in [6.07, 6.45) is 7.05. The van der Waals surface area contributed by atoms with Gasteiger partial charge in [-0.1, -0.05) is 12.8 Å². The highest BCUT2D eigenvalue weighted by molar-refractivity contribution is 4.95. The van der Waals surface area contributed by atoms with Gasteiger partial charge in [0.05, 0.1) is 12.6 Å². The molecule has 1 atom stereocenters. The smallest absolute Gasteiger partial charge is 0.149 e. The van der Waals surface area contributed by atoms with Crippen LogP contribution in [0.25, 0.3) is 0 Å². The molecule has 0 radical (unpaired) electrons. The third kappa shape index (κ3) is 3.26. The molecule has 17 heavy (non-hydrogen) atoms. The normalized spacial score (nSPS) is 18.7. The zero-order valence-corrected chi connectivity index (χ0v) is 10.7. The van der Waals surface area contributed by atoms with E-state index >= 15 is 0 Å². The predicted molar refractivity (Wildman–Crippen MR) is 65.7 cm³/mol. The van der Waals surface area contributed by atoms with Crippen molar-refractivity contribution in [1.82, 2.24) is 20.1 Å². The van der Waals surface area contributed by atoms with Crippen molar-refractivity contribution < 1.29 is 4.74 Å². The minimum Gasteiger partial charge on any atom is -0.383 e. The number of nitrogens with one attached hydrogen (secondary N) is 1. The molecule has 0 saturated heterocycles. The van der Waals surface area contributed by atoms with E-state index < -0.39 is 0 Å². The molecule has 2 rings (SSSR count). The summed E-state index contributed by atoms with van der Waals surface area (Å²) >= 11 is 0. The SMILES string of the molecule is COCCn1cnnc1[C@@H](C)NC1CCCC1. The number of hydrogen-bond donors (Lipinski definition) is 1. The number of rotatable bonds is 6. The van der Waals surface area contributed by atoms with Gasteiger partial charge in [-0.05, 0) is 19.8 Å². The molecule has 0 aromatic carbocycles. The Kier molecular flexibility index (Phi) is 4.50. The van der Waals surface area contributed by atoms with Crippen LogP contribution in [0.1, 0.15) is 44.5 Å². The van der Waals surface area contributed by atoms with Crippen LogP contribution in [0.2, 0.25) is 0 Å². The van der Waals surface area contributed by atoms with Crippen LogP contribution in [0.3, 0.4) is 0 Å². The number of methoxy groups -OCH3 is 1. The van der Waals surface area contributed by atoms with E-state index in [9.17, 15) is 0 Å². The maximum absolute atomic E-state index is 5.09. The fraction of sp³-hybridized carbons (Fsp3) is 0.833. The largest absolute Gasteiger partial charge is 0.383 e. The Bertz CT molecular complexity index is 333. The summed E-state index contributed by atoms with van der Waals surface area (Å²) in [5.74, 6) is 1.01. The minimum absolute atomic E-state index is 0.262. The van der Waals surface area contributed by atoms with E-state index in [0.717, 1.165) is 12.4 Å². The maximum Gasteiger partial charge on any atom is 0.149 e. The van der Waals surface area contributed by atoms with E-state index in [2.05, 4.69) is 27.0 Å². The van der Waals surface area contributed by atoms with Crippen molar-refractivity contribution >= 4 is 0 Å². The number of aromatic nitrogens is 3. The first-order valence-electron chi connectivity index (χ1n) is 6.44. The zero-order valence-electron chi connectivity index (χ0n) is 10.7. The second-order valence-corrected chi connectivity index (χ2v) is 4.75. The lowest BCUT2D eigenvalue weighted by Crippen LogP contribution is -2.30. The Morgan fingerprint density at radius 1 is 1.53 bits per heavy atom. The summed E-state index contributed by atoms with van der Waals surface area (Å²) < 4.78 is 7.15. The quantitative estimate of drug-likeness (QED) is 0.816. The molecule has 0 amide bonds. The van der Waals surface area contributed by atoms with Crippen LogP contribution in [0.4, 0.5) is 0 Å². The molecule has 0 unspecified atom stereocenters. The van der Waals surface area contributed by atoms with Gasteiger partial charge in [0.25, 0.3) is 0 Å². The van der Waals surface area contributed by atoms with Crippen LogP contribution in [-0.4, -0.2) is 34.5 Å². The van der Waals surface area contributed by atoms with Crippen LogP contribution in [0.5, 0.6) is 0 Å². The van der Waals surface area contributed by atoms with Crippen molar-refractivity contribution in [2.75, 3.05) is 13.7 Å². The molecule has 5 heteroatoms. The first-order chi connectivity index (χ1) is 8.31. The van der Waals surface area contributed by atoms with Crippen molar-refractivity contribution in [3.8, 4) is 0 Å². The summed E-state index contributed by atoms with van der Waals surface area (Å²) in [7, 11) is 1.71. The molecule has 0 bridgehead atoms. The molecule has 1 heterocycles. The molecule has 1 aromatic heterocycles. The zero-order chi connectivity index (χ0) is 12.1. The second kappa shape index (κ2) is 6.12. The maximum atomic E-state index is 5.09. The first-order valence-corrected chi connectivity index (χ1v) is 6.44. The van der Waals surface area contributed by atoms with Gasteiger partial charge in [0.15, 0.2) is 0 Å². The molecular formula is C12H22N4O. The lowest BCUT2D eigenvalue weighted by atomic mass is 10.2. The highest BCUT2D eigenvalue weighted by atomic mass is 16.5. The topological polar surface area (TPSA) is 52.0 Å². The van der Waals surface area contributed by atoms with Gasteiger partial charge in [0, 0.05) is 19.7 Å². The van der Waals surface area contributed by atoms with Crippen LogP contribution >= 0.6 is 0 Å². The number of hydrogen-bond acceptors (Lipinski definition) is 4. The summed E-state index contributed by atoms with van der Waals surface area (Å²) in [5, 5.41) is 11.8. The molecule has 1 saturated carbocycles. The molecule has 1 aliphatic carbocycles. The fourth-order valence-corrected chi connectivity index (χ4v) is 2.48. The van der Waals surface area contributed by atoms with E-state index in [1.807, 2.05) is 0 Å². The van der Waals surface area contributed by atoms with Gasteiger partial charge in [-0.2, -0.15) is 0 Å². The fourth-order valence-electron chi connectivity index (χ4n) is 2.48. The van der Waals surface area contributed by atoms with Crippen LogP contribution in [0.15, 0.2) is 6.33 Å². The third-order valence-electron chi connectivity index (χ3n) is 3.41. The molecule has 0 aliphatic heterocycles. The van der Waals surface area contributed by atoms with E-state index in [4.69, 9.17) is 4.74 Å². The van der Waals surface area contributed by atoms with Crippen molar-refractivity contribution in [3.05, 3.63) is 12.2 Å². The predicted octanol–water partition coefficient (Wildman–Crippen LogP) is 1.52. The third-order valence-corrected chi connectivity index (χ3v) is 3.41. The summed E-state index contributed by atoms with van der Waals surface area (Å²) in [5.41, 5.74) is 0. The van der Waals surface area contributed by atoms with Crippen molar-refractivity contribution in [2.24, 2.45) is 0 Å². The number of nitrogens with zero attached hydrogens (tertiary/aromatic N) is 3. The van der Waals surface area contributed by atoms with Crippen LogP contribution < -0.4 is 5.32 Å². The Morgan fingerprint density at radius 2 is 2.29 bits per heavy atom. The minimum atomic E-state index is 0.262. The lowest BCUT2D eigenvalue weighted by Gasteiger charge is -2.19. The standard InChI is InChI=1S/C12H22N4O/c1-10(14-11-5-3-4-6-11)12-15-13-9-16(12)7-8-17-2/h9-11,14H,3-8H2,1-2H3/t10-/m1/s1. The second-order valence-electron chi connectivity index (χ2n) is 4.75. The molecule has 0 spiro atoms. The van der Waals surface area contributed by atoms with Gasteiger partial charge in [0.1, 0.15) is 12.2 Å². The van der Waals surface area contributed by atoms with E-state index in [-0.39, 0.29) is 6.04 Å².